The Hall–Kier alpha value is -2.89. The van der Waals surface area contributed by atoms with Crippen LogP contribution >= 0.6 is 0 Å². The Morgan fingerprint density at radius 1 is 1.12 bits per heavy atom. The number of rotatable bonds is 2. The van der Waals surface area contributed by atoms with Gasteiger partial charge in [-0.1, -0.05) is 12.1 Å². The fraction of sp³-hybridized carbons (Fsp3) is 0.316. The summed E-state index contributed by atoms with van der Waals surface area (Å²) in [6.07, 6.45) is 5.14. The predicted octanol–water partition coefficient (Wildman–Crippen LogP) is 2.54. The van der Waals surface area contributed by atoms with E-state index in [1.54, 1.807) is 18.6 Å². The predicted molar refractivity (Wildman–Crippen MR) is 97.9 cm³/mol. The molecule has 2 aromatic heterocycles. The van der Waals surface area contributed by atoms with Gasteiger partial charge >= 0.3 is 0 Å². The summed E-state index contributed by atoms with van der Waals surface area (Å²) in [5.74, 6) is 0.956. The third-order valence-corrected chi connectivity index (χ3v) is 5.01. The number of nitrogens with one attached hydrogen (secondary N) is 1. The number of H-pyrrole nitrogens is 1. The van der Waals surface area contributed by atoms with Crippen molar-refractivity contribution in [1.82, 2.24) is 19.9 Å². The maximum atomic E-state index is 13.0. The lowest BCUT2D eigenvalue weighted by Gasteiger charge is -2.35. The molecule has 25 heavy (non-hydrogen) atoms. The highest BCUT2D eigenvalue weighted by Gasteiger charge is 2.24. The Bertz CT molecular complexity index is 910. The molecule has 1 saturated heterocycles. The molecule has 0 saturated carbocycles. The van der Waals surface area contributed by atoms with Gasteiger partial charge in [0.15, 0.2) is 0 Å². The van der Waals surface area contributed by atoms with Crippen molar-refractivity contribution < 1.29 is 4.79 Å². The normalized spacial score (nSPS) is 15.0. The summed E-state index contributed by atoms with van der Waals surface area (Å²) in [6, 6.07) is 5.94. The van der Waals surface area contributed by atoms with Crippen LogP contribution in [0.25, 0.3) is 10.9 Å². The lowest BCUT2D eigenvalue weighted by atomic mass is 10.1. The average Bonchev–Trinajstić information content (AvgIpc) is 2.96. The number of carbonyl (C=O) groups excluding carboxylic acids is 1. The fourth-order valence-corrected chi connectivity index (χ4v) is 3.42. The van der Waals surface area contributed by atoms with Crippen LogP contribution in [0.2, 0.25) is 0 Å². The van der Waals surface area contributed by atoms with Crippen LogP contribution in [0.5, 0.6) is 0 Å². The van der Waals surface area contributed by atoms with Crippen LogP contribution in [0.4, 0.5) is 5.82 Å². The van der Waals surface area contributed by atoms with E-state index >= 15 is 0 Å². The maximum Gasteiger partial charge on any atom is 0.256 e. The number of aromatic nitrogens is 3. The van der Waals surface area contributed by atoms with Gasteiger partial charge in [0.2, 0.25) is 0 Å². The summed E-state index contributed by atoms with van der Waals surface area (Å²) in [5, 5.41) is 1.13. The Labute approximate surface area is 146 Å². The molecule has 1 aromatic carbocycles. The zero-order valence-corrected chi connectivity index (χ0v) is 14.5. The standard InChI is InChI=1S/C19H21N5O/c1-13-14(2)22-18-15(13)4-3-5-16(18)19(25)24-10-8-23(9-11-24)17-12-20-6-7-21-17/h3-7,12,22H,8-11H2,1-2H3. The number of anilines is 1. The van der Waals surface area contributed by atoms with E-state index in [0.717, 1.165) is 41.1 Å². The molecule has 0 spiro atoms. The molecule has 1 fully saturated rings. The van der Waals surface area contributed by atoms with Crippen molar-refractivity contribution in [2.45, 2.75) is 13.8 Å². The van der Waals surface area contributed by atoms with Crippen molar-refractivity contribution >= 4 is 22.6 Å². The lowest BCUT2D eigenvalue weighted by Crippen LogP contribution is -2.49. The first-order chi connectivity index (χ1) is 12.1. The molecule has 3 aromatic rings. The molecule has 6 heteroatoms. The molecule has 0 unspecified atom stereocenters. The van der Waals surface area contributed by atoms with Gasteiger partial charge in [0.25, 0.3) is 5.91 Å². The Kier molecular flexibility index (Phi) is 3.87. The van der Waals surface area contributed by atoms with E-state index in [0.29, 0.717) is 13.1 Å². The minimum absolute atomic E-state index is 0.0886. The summed E-state index contributed by atoms with van der Waals surface area (Å²) in [5.41, 5.74) is 4.01. The van der Waals surface area contributed by atoms with Crippen LogP contribution < -0.4 is 4.90 Å². The Morgan fingerprint density at radius 2 is 1.92 bits per heavy atom. The van der Waals surface area contributed by atoms with Crippen molar-refractivity contribution in [3.8, 4) is 0 Å². The lowest BCUT2D eigenvalue weighted by molar-refractivity contribution is 0.0748. The Balaban J connectivity index is 1.54. The van der Waals surface area contributed by atoms with E-state index in [9.17, 15) is 4.79 Å². The van der Waals surface area contributed by atoms with Crippen LogP contribution in [0.15, 0.2) is 36.8 Å². The summed E-state index contributed by atoms with van der Waals surface area (Å²) in [6.45, 7) is 7.03. The van der Waals surface area contributed by atoms with E-state index in [4.69, 9.17) is 0 Å². The quantitative estimate of drug-likeness (QED) is 0.782. The minimum Gasteiger partial charge on any atom is -0.358 e. The molecule has 1 aliphatic heterocycles. The topological polar surface area (TPSA) is 65.1 Å². The average molecular weight is 335 g/mol. The number of fused-ring (bicyclic) bond motifs is 1. The summed E-state index contributed by atoms with van der Waals surface area (Å²) < 4.78 is 0. The number of piperazine rings is 1. The molecule has 0 bridgehead atoms. The number of aryl methyl sites for hydroxylation is 2. The van der Waals surface area contributed by atoms with Crippen LogP contribution in [0.1, 0.15) is 21.6 Å². The molecule has 0 radical (unpaired) electrons. The van der Waals surface area contributed by atoms with Gasteiger partial charge in [-0.15, -0.1) is 0 Å². The highest BCUT2D eigenvalue weighted by Crippen LogP contribution is 2.25. The molecule has 0 atom stereocenters. The van der Waals surface area contributed by atoms with Gasteiger partial charge in [0.05, 0.1) is 17.3 Å². The summed E-state index contributed by atoms with van der Waals surface area (Å²) >= 11 is 0. The molecule has 4 rings (SSSR count). The summed E-state index contributed by atoms with van der Waals surface area (Å²) in [7, 11) is 0. The largest absolute Gasteiger partial charge is 0.358 e. The SMILES string of the molecule is Cc1[nH]c2c(C(=O)N3CCN(c4cnccn4)CC3)cccc2c1C. The maximum absolute atomic E-state index is 13.0. The highest BCUT2D eigenvalue weighted by molar-refractivity contribution is 6.06. The molecule has 6 nitrogen and oxygen atoms in total. The van der Waals surface area contributed by atoms with Crippen molar-refractivity contribution in [1.29, 1.82) is 0 Å². The van der Waals surface area contributed by atoms with Gasteiger partial charge in [-0.05, 0) is 25.5 Å². The first-order valence-electron chi connectivity index (χ1n) is 8.53. The molecule has 128 valence electrons. The van der Waals surface area contributed by atoms with E-state index in [1.165, 1.54) is 5.56 Å². The van der Waals surface area contributed by atoms with Gasteiger partial charge in [0.1, 0.15) is 5.82 Å². The van der Waals surface area contributed by atoms with E-state index in [1.807, 2.05) is 24.0 Å². The zero-order chi connectivity index (χ0) is 17.4. The number of nitrogens with zero attached hydrogens (tertiary/aromatic N) is 4. The number of hydrogen-bond donors (Lipinski definition) is 1. The van der Waals surface area contributed by atoms with Crippen molar-refractivity contribution in [3.05, 3.63) is 53.6 Å². The smallest absolute Gasteiger partial charge is 0.256 e. The second-order valence-corrected chi connectivity index (χ2v) is 6.45. The van der Waals surface area contributed by atoms with Gasteiger partial charge in [-0.2, -0.15) is 0 Å². The number of benzene rings is 1. The van der Waals surface area contributed by atoms with Crippen LogP contribution in [0.3, 0.4) is 0 Å². The van der Waals surface area contributed by atoms with Crippen LogP contribution in [-0.4, -0.2) is 51.9 Å². The van der Waals surface area contributed by atoms with Crippen molar-refractivity contribution in [3.63, 3.8) is 0 Å². The molecule has 1 aliphatic rings. The minimum atomic E-state index is 0.0886. The van der Waals surface area contributed by atoms with E-state index in [2.05, 4.69) is 32.8 Å². The van der Waals surface area contributed by atoms with Crippen molar-refractivity contribution in [2.75, 3.05) is 31.1 Å². The molecule has 1 amide bonds. The fourth-order valence-electron chi connectivity index (χ4n) is 3.42. The van der Waals surface area contributed by atoms with Crippen LogP contribution in [0, 0.1) is 13.8 Å². The number of hydrogen-bond acceptors (Lipinski definition) is 4. The third kappa shape index (κ3) is 2.73. The molecule has 1 N–H and O–H groups in total. The van der Waals surface area contributed by atoms with Crippen LogP contribution in [-0.2, 0) is 0 Å². The van der Waals surface area contributed by atoms with Crippen molar-refractivity contribution in [2.24, 2.45) is 0 Å². The first-order valence-corrected chi connectivity index (χ1v) is 8.53. The van der Waals surface area contributed by atoms with Gasteiger partial charge in [0, 0.05) is 49.7 Å². The second-order valence-electron chi connectivity index (χ2n) is 6.45. The second kappa shape index (κ2) is 6.20. The number of carbonyl (C=O) groups is 1. The Morgan fingerprint density at radius 3 is 2.64 bits per heavy atom. The number of para-hydroxylation sites is 1. The van der Waals surface area contributed by atoms with Gasteiger partial charge in [-0.3, -0.25) is 9.78 Å². The third-order valence-electron chi connectivity index (χ3n) is 5.01. The molecule has 3 heterocycles. The van der Waals surface area contributed by atoms with Gasteiger partial charge in [-0.25, -0.2) is 4.98 Å². The molecular formula is C19H21N5O. The highest BCUT2D eigenvalue weighted by atomic mass is 16.2. The zero-order valence-electron chi connectivity index (χ0n) is 14.5. The number of amides is 1. The first kappa shape index (κ1) is 15.6. The molecule has 0 aliphatic carbocycles. The van der Waals surface area contributed by atoms with E-state index < -0.39 is 0 Å². The van der Waals surface area contributed by atoms with Gasteiger partial charge < -0.3 is 14.8 Å². The molecular weight excluding hydrogens is 314 g/mol. The monoisotopic (exact) mass is 335 g/mol. The summed E-state index contributed by atoms with van der Waals surface area (Å²) in [4.78, 5) is 29.0. The number of aromatic amines is 1. The van der Waals surface area contributed by atoms with E-state index in [-0.39, 0.29) is 5.91 Å².